The molecule has 3 amide bonds. The van der Waals surface area contributed by atoms with E-state index in [9.17, 15) is 24.3 Å². The molecule has 2 aliphatic rings. The number of hydrogen-bond donors (Lipinski definition) is 2. The summed E-state index contributed by atoms with van der Waals surface area (Å²) >= 11 is 8.77. The number of carbonyl (C=O) groups is 4. The van der Waals surface area contributed by atoms with Crippen LogP contribution < -0.4 is 5.73 Å². The van der Waals surface area contributed by atoms with Crippen LogP contribution in [-0.2, 0) is 21.4 Å². The molecule has 0 aliphatic carbocycles. The maximum atomic E-state index is 13.8. The summed E-state index contributed by atoms with van der Waals surface area (Å²) in [6.07, 6.45) is 0. The van der Waals surface area contributed by atoms with Crippen LogP contribution in [0.3, 0.4) is 0 Å². The van der Waals surface area contributed by atoms with E-state index in [0.717, 1.165) is 9.80 Å². The number of amides is 3. The largest absolute Gasteiger partial charge is 0.477 e. The molecule has 3 aromatic rings. The Morgan fingerprint density at radius 1 is 1.20 bits per heavy atom. The average molecular weight is 600 g/mol. The van der Waals surface area contributed by atoms with Crippen molar-refractivity contribution in [1.29, 1.82) is 0 Å². The summed E-state index contributed by atoms with van der Waals surface area (Å²) in [4.78, 5) is 55.5. The normalized spacial score (nSPS) is 19.1. The van der Waals surface area contributed by atoms with Crippen molar-refractivity contribution in [3.8, 4) is 0 Å². The zero-order valence-corrected chi connectivity index (χ0v) is 23.3. The first-order chi connectivity index (χ1) is 19.2. The van der Waals surface area contributed by atoms with Crippen LogP contribution in [0.25, 0.3) is 0 Å². The second kappa shape index (κ2) is 11.4. The third-order valence-electron chi connectivity index (χ3n) is 6.44. The van der Waals surface area contributed by atoms with Crippen LogP contribution in [0.5, 0.6) is 0 Å². The van der Waals surface area contributed by atoms with Gasteiger partial charge in [0.25, 0.3) is 17.7 Å². The summed E-state index contributed by atoms with van der Waals surface area (Å²) < 4.78 is 1.45. The van der Waals surface area contributed by atoms with Crippen LogP contribution in [0.1, 0.15) is 22.0 Å². The van der Waals surface area contributed by atoms with Gasteiger partial charge in [-0.15, -0.1) is 16.9 Å². The van der Waals surface area contributed by atoms with Gasteiger partial charge >= 0.3 is 5.97 Å². The molecule has 3 atom stereocenters. The minimum absolute atomic E-state index is 0.0215. The van der Waals surface area contributed by atoms with Crippen LogP contribution in [0.2, 0.25) is 5.02 Å². The fourth-order valence-corrected chi connectivity index (χ4v) is 7.05. The molecule has 1 saturated heterocycles. The van der Waals surface area contributed by atoms with Gasteiger partial charge in [0.05, 0.1) is 10.6 Å². The minimum Gasteiger partial charge on any atom is -0.477 e. The first-order valence-electron chi connectivity index (χ1n) is 11.9. The molecule has 3 heterocycles. The van der Waals surface area contributed by atoms with Gasteiger partial charge in [0, 0.05) is 18.6 Å². The van der Waals surface area contributed by atoms with E-state index in [-0.39, 0.29) is 27.8 Å². The SMILES string of the molecule is Cn1nnnc1SCC1=C(C(=O)O)N2C(=O)C(N(C(=O)c3ccccc3Cl)C(=O)[C@H](N)c3ccccc3)[C@H]2SC1. The molecular formula is C25H22ClN7O5S2. The Labute approximate surface area is 241 Å². The number of aliphatic carboxylic acids is 1. The number of thioether (sulfide) groups is 2. The van der Waals surface area contributed by atoms with E-state index in [1.165, 1.54) is 40.3 Å². The molecule has 1 unspecified atom stereocenters. The quantitative estimate of drug-likeness (QED) is 0.287. The molecule has 15 heteroatoms. The van der Waals surface area contributed by atoms with Gasteiger partial charge in [0.2, 0.25) is 5.16 Å². The van der Waals surface area contributed by atoms with E-state index in [2.05, 4.69) is 15.5 Å². The number of rotatable bonds is 8. The summed E-state index contributed by atoms with van der Waals surface area (Å²) in [5.74, 6) is -3.11. The lowest BCUT2D eigenvalue weighted by atomic mass is 9.98. The van der Waals surface area contributed by atoms with E-state index >= 15 is 0 Å². The third kappa shape index (κ3) is 4.98. The van der Waals surface area contributed by atoms with Crippen molar-refractivity contribution in [3.05, 3.63) is 82.0 Å². The number of carboxylic acid groups (broad SMARTS) is 1. The van der Waals surface area contributed by atoms with Crippen LogP contribution in [0.4, 0.5) is 0 Å². The van der Waals surface area contributed by atoms with Gasteiger partial charge < -0.3 is 10.8 Å². The molecule has 206 valence electrons. The molecular weight excluding hydrogens is 578 g/mol. The number of hydrogen-bond acceptors (Lipinski definition) is 10. The lowest BCUT2D eigenvalue weighted by Crippen LogP contribution is -2.72. The second-order valence-electron chi connectivity index (χ2n) is 8.87. The zero-order valence-electron chi connectivity index (χ0n) is 20.9. The Kier molecular flexibility index (Phi) is 7.94. The number of halogens is 1. The number of nitrogens with two attached hydrogens (primary N) is 1. The highest BCUT2D eigenvalue weighted by Gasteiger charge is 2.59. The van der Waals surface area contributed by atoms with Gasteiger partial charge in [-0.1, -0.05) is 65.8 Å². The smallest absolute Gasteiger partial charge is 0.352 e. The summed E-state index contributed by atoms with van der Waals surface area (Å²) in [5, 5.41) is 21.0. The summed E-state index contributed by atoms with van der Waals surface area (Å²) in [6.45, 7) is 0. The van der Waals surface area contributed by atoms with Crippen LogP contribution in [0.15, 0.2) is 71.0 Å². The third-order valence-corrected chi connectivity index (χ3v) is 9.19. The van der Waals surface area contributed by atoms with Crippen molar-refractivity contribution in [2.75, 3.05) is 11.5 Å². The van der Waals surface area contributed by atoms with E-state index < -0.39 is 41.1 Å². The highest BCUT2D eigenvalue weighted by atomic mass is 35.5. The van der Waals surface area contributed by atoms with Crippen molar-refractivity contribution in [2.24, 2.45) is 12.8 Å². The Bertz CT molecular complexity index is 1530. The van der Waals surface area contributed by atoms with Crippen LogP contribution in [0, 0.1) is 0 Å². The van der Waals surface area contributed by atoms with Crippen molar-refractivity contribution >= 4 is 58.8 Å². The number of nitrogens with zero attached hydrogens (tertiary/aromatic N) is 6. The molecule has 0 spiro atoms. The zero-order chi connectivity index (χ0) is 28.6. The number of tetrazole rings is 1. The minimum atomic E-state index is -1.29. The predicted octanol–water partition coefficient (Wildman–Crippen LogP) is 1.95. The van der Waals surface area contributed by atoms with Crippen molar-refractivity contribution in [3.63, 3.8) is 0 Å². The summed E-state index contributed by atoms with van der Waals surface area (Å²) in [7, 11) is 1.66. The van der Waals surface area contributed by atoms with Gasteiger partial charge in [-0.2, -0.15) is 0 Å². The molecule has 3 N–H and O–H groups in total. The van der Waals surface area contributed by atoms with E-state index in [0.29, 0.717) is 16.3 Å². The fourth-order valence-electron chi connectivity index (χ4n) is 4.45. The Morgan fingerprint density at radius 3 is 2.55 bits per heavy atom. The molecule has 2 aliphatic heterocycles. The van der Waals surface area contributed by atoms with Gasteiger partial charge in [-0.05, 0) is 33.7 Å². The molecule has 12 nitrogen and oxygen atoms in total. The maximum absolute atomic E-state index is 13.8. The molecule has 40 heavy (non-hydrogen) atoms. The molecule has 1 fully saturated rings. The van der Waals surface area contributed by atoms with E-state index in [1.54, 1.807) is 49.5 Å². The molecule has 0 saturated carbocycles. The van der Waals surface area contributed by atoms with Gasteiger partial charge in [-0.25, -0.2) is 9.48 Å². The topological polar surface area (TPSA) is 165 Å². The van der Waals surface area contributed by atoms with Crippen molar-refractivity contribution in [1.82, 2.24) is 30.0 Å². The highest BCUT2D eigenvalue weighted by molar-refractivity contribution is 8.01. The first kappa shape index (κ1) is 27.8. The number of benzene rings is 2. The Hall–Kier alpha value is -3.72. The number of β-lactam (4-membered cyclic amide) rings is 1. The Balaban J connectivity index is 1.48. The maximum Gasteiger partial charge on any atom is 0.352 e. The molecule has 0 radical (unpaired) electrons. The number of fused-ring (bicyclic) bond motifs is 1. The molecule has 0 bridgehead atoms. The number of aromatic nitrogens is 4. The highest BCUT2D eigenvalue weighted by Crippen LogP contribution is 2.44. The van der Waals surface area contributed by atoms with E-state index in [1.807, 2.05) is 0 Å². The molecule has 2 aromatic carbocycles. The number of carbonyl (C=O) groups excluding carboxylic acids is 3. The average Bonchev–Trinajstić information content (AvgIpc) is 3.37. The lowest BCUT2D eigenvalue weighted by Gasteiger charge is -2.52. The first-order valence-corrected chi connectivity index (χ1v) is 14.3. The van der Waals surface area contributed by atoms with Gasteiger partial charge in [0.15, 0.2) is 0 Å². The summed E-state index contributed by atoms with van der Waals surface area (Å²) in [5.41, 5.74) is 7.07. The summed E-state index contributed by atoms with van der Waals surface area (Å²) in [6, 6.07) is 12.1. The second-order valence-corrected chi connectivity index (χ2v) is 11.3. The van der Waals surface area contributed by atoms with Crippen LogP contribution >= 0.6 is 35.1 Å². The predicted molar refractivity (Wildman–Crippen MR) is 147 cm³/mol. The van der Waals surface area contributed by atoms with Gasteiger partial charge in [-0.3, -0.25) is 24.2 Å². The molecule has 1 aromatic heterocycles. The Morgan fingerprint density at radius 2 is 1.90 bits per heavy atom. The lowest BCUT2D eigenvalue weighted by molar-refractivity contribution is -0.157. The van der Waals surface area contributed by atoms with Gasteiger partial charge in [0.1, 0.15) is 23.2 Å². The molecule has 5 rings (SSSR count). The number of carboxylic acids is 1. The van der Waals surface area contributed by atoms with E-state index in [4.69, 9.17) is 17.3 Å². The number of aryl methyl sites for hydroxylation is 1. The monoisotopic (exact) mass is 599 g/mol. The standard InChI is InChI=1S/C25H22ClN7O5S2/c1-31-25(28-29-30-31)40-12-14-11-39-23-19(22(36)33(23)18(14)24(37)38)32(20(34)15-9-5-6-10-16(15)26)21(35)17(27)13-7-3-2-4-8-13/h2-10,17,19,23H,11-12,27H2,1H3,(H,37,38)/t17-,19?,23-/m1/s1. The van der Waals surface area contributed by atoms with Crippen molar-refractivity contribution < 1.29 is 24.3 Å². The van der Waals surface area contributed by atoms with Crippen LogP contribution in [-0.4, -0.2) is 81.7 Å². The van der Waals surface area contributed by atoms with Crippen molar-refractivity contribution in [2.45, 2.75) is 22.6 Å². The fraction of sp³-hybridized carbons (Fsp3) is 0.240. The number of imide groups is 1.